The Morgan fingerprint density at radius 2 is 2.00 bits per heavy atom. The number of rotatable bonds is 5. The summed E-state index contributed by atoms with van der Waals surface area (Å²) < 4.78 is 18.4. The van der Waals surface area contributed by atoms with Crippen molar-refractivity contribution >= 4 is 5.91 Å². The minimum Gasteiger partial charge on any atom is -0.478 e. The van der Waals surface area contributed by atoms with Gasteiger partial charge in [0.05, 0.1) is 13.7 Å². The highest BCUT2D eigenvalue weighted by molar-refractivity contribution is 5.92. The van der Waals surface area contributed by atoms with Crippen molar-refractivity contribution in [3.05, 3.63) is 24.2 Å². The Kier molecular flexibility index (Phi) is 5.08. The highest BCUT2D eigenvalue weighted by atomic mass is 16.5. The number of hydrogen-bond acceptors (Lipinski definition) is 7. The van der Waals surface area contributed by atoms with Crippen molar-refractivity contribution in [2.45, 2.75) is 50.8 Å². The molecule has 9 heteroatoms. The van der Waals surface area contributed by atoms with Gasteiger partial charge in [0.25, 0.3) is 17.7 Å². The summed E-state index contributed by atoms with van der Waals surface area (Å²) in [6, 6.07) is 1.82. The Morgan fingerprint density at radius 3 is 2.74 bits per heavy atom. The summed E-state index contributed by atoms with van der Waals surface area (Å²) in [5.74, 6) is 1.32. The van der Waals surface area contributed by atoms with Gasteiger partial charge in [-0.25, -0.2) is 14.6 Å². The Bertz CT molecular complexity index is 777. The molecule has 0 saturated heterocycles. The summed E-state index contributed by atoms with van der Waals surface area (Å²) in [7, 11) is 1.54. The Morgan fingerprint density at radius 1 is 1.22 bits per heavy atom. The molecule has 1 saturated carbocycles. The number of aromatic nitrogens is 4. The molecule has 144 valence electrons. The first-order valence-corrected chi connectivity index (χ1v) is 9.26. The van der Waals surface area contributed by atoms with Crippen molar-refractivity contribution in [2.24, 2.45) is 0 Å². The lowest BCUT2D eigenvalue weighted by Crippen LogP contribution is -2.40. The Labute approximate surface area is 157 Å². The van der Waals surface area contributed by atoms with Crippen LogP contribution in [0.2, 0.25) is 0 Å². The van der Waals surface area contributed by atoms with Crippen LogP contribution in [0.4, 0.5) is 0 Å². The second-order valence-electron chi connectivity index (χ2n) is 6.73. The van der Waals surface area contributed by atoms with E-state index in [1.54, 1.807) is 30.3 Å². The number of aryl methyl sites for hydroxylation is 1. The second-order valence-corrected chi connectivity index (χ2v) is 6.73. The molecule has 1 aliphatic carbocycles. The van der Waals surface area contributed by atoms with Crippen LogP contribution in [0, 0.1) is 0 Å². The van der Waals surface area contributed by atoms with Crippen molar-refractivity contribution < 1.29 is 19.0 Å². The summed E-state index contributed by atoms with van der Waals surface area (Å²) in [6.07, 6.45) is 7.43. The molecule has 9 nitrogen and oxygen atoms in total. The number of methoxy groups -OCH3 is 1. The van der Waals surface area contributed by atoms with Crippen molar-refractivity contribution in [2.75, 3.05) is 13.7 Å². The molecule has 1 fully saturated rings. The molecular formula is C18H23N5O4. The number of ether oxygens (including phenoxy) is 3. The van der Waals surface area contributed by atoms with Crippen LogP contribution in [0.5, 0.6) is 17.6 Å². The molecule has 1 aliphatic heterocycles. The van der Waals surface area contributed by atoms with Crippen LogP contribution in [-0.2, 0) is 6.54 Å². The molecule has 0 aromatic carbocycles. The summed E-state index contributed by atoms with van der Waals surface area (Å²) in [5.41, 5.74) is 0.412. The quantitative estimate of drug-likeness (QED) is 0.849. The summed E-state index contributed by atoms with van der Waals surface area (Å²) >= 11 is 0. The average Bonchev–Trinajstić information content (AvgIpc) is 3.14. The second kappa shape index (κ2) is 7.81. The molecule has 27 heavy (non-hydrogen) atoms. The van der Waals surface area contributed by atoms with Gasteiger partial charge in [0, 0.05) is 37.5 Å². The molecule has 2 aromatic rings. The lowest BCUT2D eigenvalue weighted by atomic mass is 9.93. The van der Waals surface area contributed by atoms with Gasteiger partial charge in [-0.2, -0.15) is 5.10 Å². The number of fused-ring (bicyclic) bond motifs is 1. The topological polar surface area (TPSA) is 100 Å². The first kappa shape index (κ1) is 17.6. The van der Waals surface area contributed by atoms with Crippen molar-refractivity contribution in [3.63, 3.8) is 0 Å². The number of nitrogens with zero attached hydrogens (tertiary/aromatic N) is 4. The highest BCUT2D eigenvalue weighted by Crippen LogP contribution is 2.27. The van der Waals surface area contributed by atoms with Gasteiger partial charge in [0.15, 0.2) is 5.69 Å². The van der Waals surface area contributed by atoms with E-state index in [1.807, 2.05) is 0 Å². The van der Waals surface area contributed by atoms with Crippen molar-refractivity contribution in [1.82, 2.24) is 25.1 Å². The lowest BCUT2D eigenvalue weighted by Gasteiger charge is -2.29. The third kappa shape index (κ3) is 3.96. The molecule has 0 atom stereocenters. The third-order valence-electron chi connectivity index (χ3n) is 4.85. The molecule has 2 aliphatic rings. The maximum absolute atomic E-state index is 12.5. The average molecular weight is 373 g/mol. The molecular weight excluding hydrogens is 350 g/mol. The molecule has 3 heterocycles. The predicted octanol–water partition coefficient (Wildman–Crippen LogP) is 1.58. The molecule has 0 unspecified atom stereocenters. The highest BCUT2D eigenvalue weighted by Gasteiger charge is 2.26. The first-order valence-electron chi connectivity index (χ1n) is 9.26. The number of amides is 1. The van der Waals surface area contributed by atoms with E-state index in [0.29, 0.717) is 29.9 Å². The van der Waals surface area contributed by atoms with Crippen molar-refractivity contribution in [1.29, 1.82) is 0 Å². The van der Waals surface area contributed by atoms with Crippen LogP contribution in [0.15, 0.2) is 18.5 Å². The fourth-order valence-electron chi connectivity index (χ4n) is 3.45. The normalized spacial score (nSPS) is 21.7. The maximum Gasteiger partial charge on any atom is 0.278 e. The van der Waals surface area contributed by atoms with E-state index in [-0.39, 0.29) is 18.1 Å². The molecule has 1 amide bonds. The van der Waals surface area contributed by atoms with Gasteiger partial charge in [-0.05, 0) is 25.7 Å². The summed E-state index contributed by atoms with van der Waals surface area (Å²) in [4.78, 5) is 20.8. The molecule has 0 radical (unpaired) electrons. The van der Waals surface area contributed by atoms with E-state index in [4.69, 9.17) is 14.2 Å². The zero-order valence-corrected chi connectivity index (χ0v) is 15.3. The zero-order valence-electron chi connectivity index (χ0n) is 15.3. The fraction of sp³-hybridized carbons (Fsp3) is 0.556. The number of nitrogens with one attached hydrogen (secondary N) is 1. The van der Waals surface area contributed by atoms with E-state index >= 15 is 0 Å². The van der Waals surface area contributed by atoms with Crippen LogP contribution in [0.1, 0.15) is 42.6 Å². The van der Waals surface area contributed by atoms with Crippen LogP contribution < -0.4 is 19.5 Å². The van der Waals surface area contributed by atoms with Gasteiger partial charge in [-0.1, -0.05) is 0 Å². The van der Waals surface area contributed by atoms with E-state index < -0.39 is 0 Å². The minimum atomic E-state index is -0.152. The van der Waals surface area contributed by atoms with Gasteiger partial charge in [0.1, 0.15) is 6.10 Å². The summed E-state index contributed by atoms with van der Waals surface area (Å²) in [5, 5.41) is 7.40. The van der Waals surface area contributed by atoms with Gasteiger partial charge in [0.2, 0.25) is 5.88 Å². The molecule has 0 spiro atoms. The van der Waals surface area contributed by atoms with Gasteiger partial charge in [-0.15, -0.1) is 0 Å². The Balaban J connectivity index is 1.29. The molecule has 1 N–H and O–H groups in total. The van der Waals surface area contributed by atoms with Crippen LogP contribution >= 0.6 is 0 Å². The number of carbonyl (C=O) groups is 1. The van der Waals surface area contributed by atoms with Crippen LogP contribution in [-0.4, -0.2) is 51.5 Å². The maximum atomic E-state index is 12.5. The van der Waals surface area contributed by atoms with E-state index in [0.717, 1.165) is 38.6 Å². The SMILES string of the molecule is COc1nccnc1OC1CCC(NC(=O)c2cc3n(n2)CCCO3)CC1. The minimum absolute atomic E-state index is 0.0390. The number of carbonyl (C=O) groups excluding carboxylic acids is 1. The largest absolute Gasteiger partial charge is 0.478 e. The third-order valence-corrected chi connectivity index (χ3v) is 4.85. The molecule has 4 rings (SSSR count). The van der Waals surface area contributed by atoms with Gasteiger partial charge >= 0.3 is 0 Å². The van der Waals surface area contributed by atoms with Gasteiger partial charge in [-0.3, -0.25) is 4.79 Å². The van der Waals surface area contributed by atoms with E-state index in [9.17, 15) is 4.79 Å². The zero-order chi connectivity index (χ0) is 18.6. The molecule has 2 aromatic heterocycles. The monoisotopic (exact) mass is 373 g/mol. The standard InChI is InChI=1S/C18H23N5O4/c1-25-17-18(20-8-7-19-17)27-13-5-3-12(4-6-13)21-16(24)14-11-15-23(22-14)9-2-10-26-15/h7-8,11-13H,2-6,9-10H2,1H3,(H,21,24). The van der Waals surface area contributed by atoms with Crippen molar-refractivity contribution in [3.8, 4) is 17.6 Å². The van der Waals surface area contributed by atoms with Crippen LogP contribution in [0.3, 0.4) is 0 Å². The van der Waals surface area contributed by atoms with E-state index in [2.05, 4.69) is 20.4 Å². The lowest BCUT2D eigenvalue weighted by molar-refractivity contribution is 0.0880. The Hall–Kier alpha value is -2.84. The van der Waals surface area contributed by atoms with E-state index in [1.165, 1.54) is 0 Å². The molecule has 0 bridgehead atoms. The first-order chi connectivity index (χ1) is 13.2. The van der Waals surface area contributed by atoms with Crippen LogP contribution in [0.25, 0.3) is 0 Å². The fourth-order valence-corrected chi connectivity index (χ4v) is 3.45. The van der Waals surface area contributed by atoms with Gasteiger partial charge < -0.3 is 19.5 Å². The number of hydrogen-bond donors (Lipinski definition) is 1. The predicted molar refractivity (Wildman–Crippen MR) is 95.1 cm³/mol. The summed E-state index contributed by atoms with van der Waals surface area (Å²) in [6.45, 7) is 1.46. The smallest absolute Gasteiger partial charge is 0.278 e.